The first-order valence-electron chi connectivity index (χ1n) is 9.53. The van der Waals surface area contributed by atoms with E-state index >= 15 is 0 Å². The summed E-state index contributed by atoms with van der Waals surface area (Å²) < 4.78 is 28.2. The van der Waals surface area contributed by atoms with Crippen LogP contribution in [-0.2, 0) is 10.0 Å². The van der Waals surface area contributed by atoms with Gasteiger partial charge in [-0.05, 0) is 68.8 Å². The Kier molecular flexibility index (Phi) is 7.08. The monoisotopic (exact) mass is 417 g/mol. The highest BCUT2D eigenvalue weighted by Gasteiger charge is 2.21. The molecule has 2 aromatic carbocycles. The average Bonchev–Trinajstić information content (AvgIpc) is 2.60. The molecule has 0 aromatic heterocycles. The summed E-state index contributed by atoms with van der Waals surface area (Å²) in [5, 5.41) is 2.94. The van der Waals surface area contributed by atoms with Crippen molar-refractivity contribution in [3.05, 3.63) is 59.2 Å². The summed E-state index contributed by atoms with van der Waals surface area (Å²) in [4.78, 5) is 14.9. The Labute approximate surface area is 174 Å². The molecular weight excluding hydrogens is 386 g/mol. The molecule has 1 amide bonds. The third-order valence-electron chi connectivity index (χ3n) is 4.48. The van der Waals surface area contributed by atoms with E-state index in [1.165, 1.54) is 0 Å². The maximum absolute atomic E-state index is 12.8. The van der Waals surface area contributed by atoms with Crippen LogP contribution >= 0.6 is 0 Å². The Morgan fingerprint density at radius 2 is 1.76 bits per heavy atom. The smallest absolute Gasteiger partial charge is 0.262 e. The van der Waals surface area contributed by atoms with E-state index in [1.54, 1.807) is 43.3 Å². The number of amides is 1. The summed E-state index contributed by atoms with van der Waals surface area (Å²) in [6, 6.07) is 11.8. The molecule has 2 aromatic rings. The van der Waals surface area contributed by atoms with Crippen LogP contribution in [0.5, 0.6) is 0 Å². The van der Waals surface area contributed by atoms with E-state index in [-0.39, 0.29) is 16.2 Å². The van der Waals surface area contributed by atoms with E-state index in [9.17, 15) is 13.2 Å². The molecule has 158 valence electrons. The molecule has 6 nitrogen and oxygen atoms in total. The van der Waals surface area contributed by atoms with Crippen molar-refractivity contribution in [1.82, 2.24) is 10.2 Å². The predicted molar refractivity (Wildman–Crippen MR) is 118 cm³/mol. The van der Waals surface area contributed by atoms with Gasteiger partial charge in [0.05, 0.1) is 4.90 Å². The zero-order valence-electron chi connectivity index (χ0n) is 18.0. The van der Waals surface area contributed by atoms with Gasteiger partial charge in [-0.3, -0.25) is 9.52 Å². The van der Waals surface area contributed by atoms with Crippen molar-refractivity contribution in [3.8, 4) is 0 Å². The SMILES string of the molecule is Cc1ccc(C)c(S(=O)(=O)Nc2cccc(C(=O)NCC(C)(C)CN(C)C)c2)c1. The molecule has 0 atom stereocenters. The van der Waals surface area contributed by atoms with Gasteiger partial charge in [0.2, 0.25) is 0 Å². The highest BCUT2D eigenvalue weighted by Crippen LogP contribution is 2.21. The van der Waals surface area contributed by atoms with Crippen molar-refractivity contribution in [2.24, 2.45) is 5.41 Å². The van der Waals surface area contributed by atoms with Gasteiger partial charge in [0, 0.05) is 24.3 Å². The highest BCUT2D eigenvalue weighted by atomic mass is 32.2. The Bertz CT molecular complexity index is 983. The van der Waals surface area contributed by atoms with Crippen molar-refractivity contribution in [2.75, 3.05) is 31.9 Å². The topological polar surface area (TPSA) is 78.5 Å². The fourth-order valence-electron chi connectivity index (χ4n) is 3.26. The molecule has 7 heteroatoms. The van der Waals surface area contributed by atoms with Gasteiger partial charge in [-0.15, -0.1) is 0 Å². The Hall–Kier alpha value is -2.38. The quantitative estimate of drug-likeness (QED) is 0.690. The van der Waals surface area contributed by atoms with E-state index in [2.05, 4.69) is 28.8 Å². The number of aryl methyl sites for hydroxylation is 2. The van der Waals surface area contributed by atoms with Crippen LogP contribution in [0.2, 0.25) is 0 Å². The molecule has 29 heavy (non-hydrogen) atoms. The molecule has 0 bridgehead atoms. The number of sulfonamides is 1. The average molecular weight is 418 g/mol. The minimum absolute atomic E-state index is 0.0823. The summed E-state index contributed by atoms with van der Waals surface area (Å²) in [6.45, 7) is 9.13. The van der Waals surface area contributed by atoms with Gasteiger partial charge >= 0.3 is 0 Å². The number of anilines is 1. The second-order valence-corrected chi connectivity index (χ2v) is 10.2. The molecule has 0 saturated carbocycles. The first-order chi connectivity index (χ1) is 13.4. The van der Waals surface area contributed by atoms with Gasteiger partial charge in [0.15, 0.2) is 0 Å². The first kappa shape index (κ1) is 22.9. The van der Waals surface area contributed by atoms with Crippen LogP contribution in [0.15, 0.2) is 47.4 Å². The van der Waals surface area contributed by atoms with Crippen LogP contribution in [0, 0.1) is 19.3 Å². The number of carbonyl (C=O) groups excluding carboxylic acids is 1. The number of hydrogen-bond acceptors (Lipinski definition) is 4. The van der Waals surface area contributed by atoms with Crippen LogP contribution in [0.25, 0.3) is 0 Å². The molecule has 2 rings (SSSR count). The van der Waals surface area contributed by atoms with Crippen LogP contribution < -0.4 is 10.0 Å². The fraction of sp³-hybridized carbons (Fsp3) is 0.409. The Morgan fingerprint density at radius 1 is 1.07 bits per heavy atom. The zero-order chi connectivity index (χ0) is 21.8. The predicted octanol–water partition coefficient (Wildman–Crippen LogP) is 3.42. The normalized spacial score (nSPS) is 12.1. The van der Waals surface area contributed by atoms with Gasteiger partial charge in [-0.25, -0.2) is 8.42 Å². The summed E-state index contributed by atoms with van der Waals surface area (Å²) in [6.07, 6.45) is 0. The highest BCUT2D eigenvalue weighted by molar-refractivity contribution is 7.92. The van der Waals surface area contributed by atoms with Gasteiger partial charge in [-0.2, -0.15) is 0 Å². The number of rotatable bonds is 8. The summed E-state index contributed by atoms with van der Waals surface area (Å²) in [7, 11) is 0.245. The fourth-order valence-corrected chi connectivity index (χ4v) is 4.64. The molecule has 0 aliphatic heterocycles. The van der Waals surface area contributed by atoms with Crippen molar-refractivity contribution in [3.63, 3.8) is 0 Å². The van der Waals surface area contributed by atoms with E-state index in [0.29, 0.717) is 23.4 Å². The summed E-state index contributed by atoms with van der Waals surface area (Å²) in [5.41, 5.74) is 2.21. The second kappa shape index (κ2) is 8.97. The maximum Gasteiger partial charge on any atom is 0.262 e. The van der Waals surface area contributed by atoms with Crippen molar-refractivity contribution >= 4 is 21.6 Å². The van der Waals surface area contributed by atoms with Gasteiger partial charge in [-0.1, -0.05) is 32.0 Å². The molecule has 0 heterocycles. The second-order valence-electron chi connectivity index (χ2n) is 8.54. The minimum atomic E-state index is -3.75. The van der Waals surface area contributed by atoms with E-state index < -0.39 is 10.0 Å². The van der Waals surface area contributed by atoms with Crippen LogP contribution in [0.1, 0.15) is 35.3 Å². The van der Waals surface area contributed by atoms with Gasteiger partial charge in [0.25, 0.3) is 15.9 Å². The molecule has 0 aliphatic rings. The van der Waals surface area contributed by atoms with Crippen LogP contribution in [0.4, 0.5) is 5.69 Å². The lowest BCUT2D eigenvalue weighted by molar-refractivity contribution is 0.0929. The van der Waals surface area contributed by atoms with Crippen LogP contribution in [0.3, 0.4) is 0 Å². The van der Waals surface area contributed by atoms with Crippen molar-refractivity contribution in [1.29, 1.82) is 0 Å². The maximum atomic E-state index is 12.8. The molecule has 0 unspecified atom stereocenters. The standard InChI is InChI=1S/C22H31N3O3S/c1-16-10-11-17(2)20(12-16)29(27,28)24-19-9-7-8-18(13-19)21(26)23-14-22(3,4)15-25(5)6/h7-13,24H,14-15H2,1-6H3,(H,23,26). The number of carbonyl (C=O) groups is 1. The third-order valence-corrected chi connectivity index (χ3v) is 6.01. The molecule has 2 N–H and O–H groups in total. The molecule has 0 aliphatic carbocycles. The molecule has 0 radical (unpaired) electrons. The van der Waals surface area contributed by atoms with Crippen LogP contribution in [-0.4, -0.2) is 46.4 Å². The third kappa shape index (κ3) is 6.58. The summed E-state index contributed by atoms with van der Waals surface area (Å²) >= 11 is 0. The number of nitrogens with one attached hydrogen (secondary N) is 2. The lowest BCUT2D eigenvalue weighted by atomic mass is 9.93. The number of benzene rings is 2. The van der Waals surface area contributed by atoms with Gasteiger partial charge < -0.3 is 10.2 Å². The zero-order valence-corrected chi connectivity index (χ0v) is 18.9. The minimum Gasteiger partial charge on any atom is -0.351 e. The largest absolute Gasteiger partial charge is 0.351 e. The summed E-state index contributed by atoms with van der Waals surface area (Å²) in [5.74, 6) is -0.232. The Balaban J connectivity index is 2.15. The van der Waals surface area contributed by atoms with E-state index in [0.717, 1.165) is 12.1 Å². The lowest BCUT2D eigenvalue weighted by Crippen LogP contribution is -2.40. The Morgan fingerprint density at radius 3 is 2.41 bits per heavy atom. The lowest BCUT2D eigenvalue weighted by Gasteiger charge is -2.28. The van der Waals surface area contributed by atoms with Crippen molar-refractivity contribution in [2.45, 2.75) is 32.6 Å². The molecular formula is C22H31N3O3S. The van der Waals surface area contributed by atoms with E-state index in [4.69, 9.17) is 0 Å². The van der Waals surface area contributed by atoms with Crippen molar-refractivity contribution < 1.29 is 13.2 Å². The number of nitrogens with zero attached hydrogens (tertiary/aromatic N) is 1. The first-order valence-corrected chi connectivity index (χ1v) is 11.0. The van der Waals surface area contributed by atoms with E-state index in [1.807, 2.05) is 27.1 Å². The number of hydrogen-bond donors (Lipinski definition) is 2. The molecule has 0 spiro atoms. The van der Waals surface area contributed by atoms with Gasteiger partial charge in [0.1, 0.15) is 0 Å². The molecule has 0 saturated heterocycles. The molecule has 0 fully saturated rings.